The molecule has 0 amide bonds. The number of fused-ring (bicyclic) bond motifs is 6. The zero-order valence-electron chi connectivity index (χ0n) is 23.7. The Morgan fingerprint density at radius 3 is 1.86 bits per heavy atom. The van der Waals surface area contributed by atoms with E-state index in [1.54, 1.807) is 0 Å². The highest BCUT2D eigenvalue weighted by molar-refractivity contribution is 6.14. The Hall–Kier alpha value is -6.07. The first-order valence-corrected chi connectivity index (χ1v) is 14.7. The summed E-state index contributed by atoms with van der Waals surface area (Å²) >= 11 is 0. The number of pyridine rings is 3. The van der Waals surface area contributed by atoms with Gasteiger partial charge in [-0.2, -0.15) is 0 Å². The second kappa shape index (κ2) is 9.75. The van der Waals surface area contributed by atoms with Crippen molar-refractivity contribution in [3.05, 3.63) is 152 Å². The van der Waals surface area contributed by atoms with Gasteiger partial charge >= 0.3 is 0 Å². The van der Waals surface area contributed by atoms with E-state index in [4.69, 9.17) is 15.0 Å². The largest absolute Gasteiger partial charge is 0.308 e. The van der Waals surface area contributed by atoms with Crippen molar-refractivity contribution in [3.63, 3.8) is 0 Å². The van der Waals surface area contributed by atoms with Crippen LogP contribution >= 0.6 is 0 Å². The van der Waals surface area contributed by atoms with Gasteiger partial charge in [-0.25, -0.2) is 9.97 Å². The monoisotopic (exact) mass is 563 g/mol. The number of aromatic nitrogens is 5. The molecule has 5 heterocycles. The van der Waals surface area contributed by atoms with Gasteiger partial charge in [0.25, 0.3) is 0 Å². The van der Waals surface area contributed by atoms with Crippen LogP contribution in [0.25, 0.3) is 77.9 Å². The third kappa shape index (κ3) is 3.76. The molecule has 0 bridgehead atoms. The standard InChI is InChI=1S/C39H25N5/c1-4-13-26(14-5-1)28-23-31(27-15-6-2-7-16-27)41-36(24-28)44-33-21-12-22-40-38(33)39-35(44)25-34-37(42-39)30-19-10-11-20-32(30)43(34)29-17-8-3-9-18-29/h1-25H. The van der Waals surface area contributed by atoms with Crippen LogP contribution in [0.15, 0.2) is 152 Å². The summed E-state index contributed by atoms with van der Waals surface area (Å²) in [6, 6.07) is 50.5. The summed E-state index contributed by atoms with van der Waals surface area (Å²) in [5.74, 6) is 0.821. The number of para-hydroxylation sites is 2. The minimum Gasteiger partial charge on any atom is -0.308 e. The van der Waals surface area contributed by atoms with Crippen molar-refractivity contribution in [2.45, 2.75) is 0 Å². The van der Waals surface area contributed by atoms with Gasteiger partial charge in [0.05, 0.1) is 33.3 Å². The van der Waals surface area contributed by atoms with Gasteiger partial charge in [-0.15, -0.1) is 0 Å². The van der Waals surface area contributed by atoms with Crippen LogP contribution in [0.2, 0.25) is 0 Å². The van der Waals surface area contributed by atoms with E-state index in [-0.39, 0.29) is 0 Å². The molecule has 4 aromatic carbocycles. The van der Waals surface area contributed by atoms with Crippen LogP contribution in [0.1, 0.15) is 0 Å². The zero-order valence-corrected chi connectivity index (χ0v) is 23.7. The lowest BCUT2D eigenvalue weighted by atomic mass is 10.0. The highest BCUT2D eigenvalue weighted by Gasteiger charge is 2.21. The van der Waals surface area contributed by atoms with E-state index >= 15 is 0 Å². The van der Waals surface area contributed by atoms with E-state index < -0.39 is 0 Å². The molecular formula is C39H25N5. The van der Waals surface area contributed by atoms with Gasteiger partial charge < -0.3 is 4.57 Å². The third-order valence-electron chi connectivity index (χ3n) is 8.35. The molecule has 5 aromatic heterocycles. The summed E-state index contributed by atoms with van der Waals surface area (Å²) in [6.07, 6.45) is 1.84. The molecule has 0 aliphatic carbocycles. The molecule has 0 saturated heterocycles. The van der Waals surface area contributed by atoms with E-state index in [9.17, 15) is 0 Å². The van der Waals surface area contributed by atoms with Gasteiger partial charge in [0.15, 0.2) is 0 Å². The minimum absolute atomic E-state index is 0.821. The van der Waals surface area contributed by atoms with Crippen molar-refractivity contribution in [2.24, 2.45) is 0 Å². The maximum atomic E-state index is 5.36. The van der Waals surface area contributed by atoms with E-state index in [1.807, 2.05) is 30.5 Å². The van der Waals surface area contributed by atoms with Crippen molar-refractivity contribution in [2.75, 3.05) is 0 Å². The summed E-state index contributed by atoms with van der Waals surface area (Å²) in [5, 5.41) is 1.11. The molecule has 44 heavy (non-hydrogen) atoms. The van der Waals surface area contributed by atoms with Gasteiger partial charge in [0.1, 0.15) is 16.9 Å². The molecule has 0 aliphatic rings. The molecule has 0 spiro atoms. The molecule has 0 saturated carbocycles. The average Bonchev–Trinajstić information content (AvgIpc) is 3.60. The number of benzene rings is 4. The summed E-state index contributed by atoms with van der Waals surface area (Å²) in [5.41, 5.74) is 12.1. The normalized spacial score (nSPS) is 11.6. The molecule has 206 valence electrons. The number of hydrogen-bond donors (Lipinski definition) is 0. The molecule has 0 fully saturated rings. The van der Waals surface area contributed by atoms with E-state index in [0.717, 1.165) is 77.9 Å². The molecule has 5 nitrogen and oxygen atoms in total. The van der Waals surface area contributed by atoms with E-state index in [2.05, 4.69) is 130 Å². The van der Waals surface area contributed by atoms with Crippen LogP contribution in [0.5, 0.6) is 0 Å². The summed E-state index contributed by atoms with van der Waals surface area (Å²) in [7, 11) is 0. The summed E-state index contributed by atoms with van der Waals surface area (Å²) in [6.45, 7) is 0. The second-order valence-corrected chi connectivity index (χ2v) is 10.9. The van der Waals surface area contributed by atoms with E-state index in [1.165, 1.54) is 0 Å². The maximum Gasteiger partial charge on any atom is 0.139 e. The molecule has 9 rings (SSSR count). The molecule has 0 aliphatic heterocycles. The average molecular weight is 564 g/mol. The fourth-order valence-corrected chi connectivity index (χ4v) is 6.38. The molecular weight excluding hydrogens is 538 g/mol. The molecule has 0 unspecified atom stereocenters. The quantitative estimate of drug-likeness (QED) is 0.214. The number of rotatable bonds is 4. The van der Waals surface area contributed by atoms with E-state index in [0.29, 0.717) is 0 Å². The predicted octanol–water partition coefficient (Wildman–Crippen LogP) is 9.40. The second-order valence-electron chi connectivity index (χ2n) is 10.9. The Labute approximate surface area is 253 Å². The SMILES string of the molecule is c1ccc(-c2cc(-c3ccccc3)nc(-n3c4cccnc4c4nc5c6ccccc6n(-c6ccccc6)c5cc43)c2)cc1. The Kier molecular flexibility index (Phi) is 5.43. The molecule has 9 aromatic rings. The first-order valence-electron chi connectivity index (χ1n) is 14.7. The van der Waals surface area contributed by atoms with Crippen LogP contribution in [0.4, 0.5) is 0 Å². The Morgan fingerprint density at radius 2 is 1.07 bits per heavy atom. The summed E-state index contributed by atoms with van der Waals surface area (Å²) < 4.78 is 4.52. The topological polar surface area (TPSA) is 48.5 Å². The minimum atomic E-state index is 0.821. The highest BCUT2D eigenvalue weighted by Crippen LogP contribution is 2.37. The van der Waals surface area contributed by atoms with Crippen molar-refractivity contribution in [3.8, 4) is 33.9 Å². The Morgan fingerprint density at radius 1 is 0.409 bits per heavy atom. The molecule has 0 atom stereocenters. The predicted molar refractivity (Wildman–Crippen MR) is 179 cm³/mol. The summed E-state index contributed by atoms with van der Waals surface area (Å²) in [4.78, 5) is 15.5. The van der Waals surface area contributed by atoms with Crippen LogP contribution in [-0.2, 0) is 0 Å². The van der Waals surface area contributed by atoms with Crippen LogP contribution < -0.4 is 0 Å². The van der Waals surface area contributed by atoms with Gasteiger partial charge in [0, 0.05) is 22.8 Å². The Balaban J connectivity index is 1.41. The first-order chi connectivity index (χ1) is 21.8. The van der Waals surface area contributed by atoms with Crippen molar-refractivity contribution >= 4 is 44.0 Å². The lowest BCUT2D eigenvalue weighted by Crippen LogP contribution is -2.01. The van der Waals surface area contributed by atoms with Gasteiger partial charge in [-0.3, -0.25) is 9.55 Å². The van der Waals surface area contributed by atoms with Crippen molar-refractivity contribution < 1.29 is 0 Å². The molecule has 0 radical (unpaired) electrons. The lowest BCUT2D eigenvalue weighted by Gasteiger charge is -2.13. The molecule has 5 heteroatoms. The highest BCUT2D eigenvalue weighted by atomic mass is 15.1. The number of nitrogens with zero attached hydrogens (tertiary/aromatic N) is 5. The van der Waals surface area contributed by atoms with Crippen LogP contribution in [0.3, 0.4) is 0 Å². The maximum absolute atomic E-state index is 5.36. The van der Waals surface area contributed by atoms with Gasteiger partial charge in [0.2, 0.25) is 0 Å². The van der Waals surface area contributed by atoms with Gasteiger partial charge in [-0.1, -0.05) is 97.1 Å². The van der Waals surface area contributed by atoms with Crippen LogP contribution in [-0.4, -0.2) is 24.1 Å². The number of hydrogen-bond acceptors (Lipinski definition) is 3. The zero-order chi connectivity index (χ0) is 29.0. The van der Waals surface area contributed by atoms with Crippen molar-refractivity contribution in [1.82, 2.24) is 24.1 Å². The Bertz CT molecular complexity index is 2420. The third-order valence-corrected chi connectivity index (χ3v) is 8.35. The smallest absolute Gasteiger partial charge is 0.139 e. The fourth-order valence-electron chi connectivity index (χ4n) is 6.38. The van der Waals surface area contributed by atoms with Crippen LogP contribution in [0, 0.1) is 0 Å². The molecule has 0 N–H and O–H groups in total. The van der Waals surface area contributed by atoms with Crippen molar-refractivity contribution in [1.29, 1.82) is 0 Å². The first kappa shape index (κ1) is 24.5. The lowest BCUT2D eigenvalue weighted by molar-refractivity contribution is 1.08. The van der Waals surface area contributed by atoms with Gasteiger partial charge in [-0.05, 0) is 59.7 Å². The fraction of sp³-hybridized carbons (Fsp3) is 0.